The summed E-state index contributed by atoms with van der Waals surface area (Å²) in [4.78, 5) is 23.9. The number of carboxylic acid groups (broad SMARTS) is 2. The number of carbonyl (C=O) groups is 2. The van der Waals surface area contributed by atoms with Gasteiger partial charge >= 0.3 is 11.9 Å². The molecule has 4 nitrogen and oxygen atoms in total. The topological polar surface area (TPSA) is 74.6 Å². The molecule has 20 heavy (non-hydrogen) atoms. The van der Waals surface area contributed by atoms with Gasteiger partial charge in [-0.3, -0.25) is 0 Å². The monoisotopic (exact) mass is 314 g/mol. The number of hydrogen-bond acceptors (Lipinski definition) is 3. The first-order valence-electron chi connectivity index (χ1n) is 6.41. The van der Waals surface area contributed by atoms with E-state index in [9.17, 15) is 19.8 Å². The summed E-state index contributed by atoms with van der Waals surface area (Å²) in [6.07, 6.45) is 0. The lowest BCUT2D eigenvalue weighted by Crippen LogP contribution is -2.13. The maximum atomic E-state index is 11.7. The maximum Gasteiger partial charge on any atom is 0.346 e. The Labute approximate surface area is 123 Å². The third-order valence-corrected chi connectivity index (χ3v) is 10.4. The Balaban J connectivity index is 2.84. The van der Waals surface area contributed by atoms with Crippen LogP contribution in [0.4, 0.5) is 0 Å². The van der Waals surface area contributed by atoms with Crippen molar-refractivity contribution < 1.29 is 19.8 Å². The molecule has 0 spiro atoms. The number of hydrogen-bond donors (Lipinski definition) is 2. The smallest absolute Gasteiger partial charge is 0.346 e. The van der Waals surface area contributed by atoms with E-state index in [1.165, 1.54) is 11.3 Å². The standard InChI is InChI=1S/C14H18O4S2/c1-5-20(6-2)11(13(17)18)8(4)9-7(3)10(12(15)16)19-14(9)20/h5-6H2,1-4H3,(H,15,16)(H,17,18). The molecule has 0 aliphatic carbocycles. The second kappa shape index (κ2) is 4.93. The summed E-state index contributed by atoms with van der Waals surface area (Å²) >= 11 is 1.27. The summed E-state index contributed by atoms with van der Waals surface area (Å²) < 4.78 is 0.993. The number of thiophene rings is 1. The fourth-order valence-electron chi connectivity index (χ4n) is 2.98. The van der Waals surface area contributed by atoms with Crippen LogP contribution in [-0.4, -0.2) is 33.7 Å². The number of fused-ring (bicyclic) bond motifs is 1. The molecule has 0 aromatic carbocycles. The van der Waals surface area contributed by atoms with E-state index in [0.717, 1.165) is 26.9 Å². The first-order valence-corrected chi connectivity index (χ1v) is 9.20. The lowest BCUT2D eigenvalue weighted by molar-refractivity contribution is -0.131. The average molecular weight is 314 g/mol. The number of allylic oxidation sites excluding steroid dienone is 1. The van der Waals surface area contributed by atoms with E-state index in [1.807, 2.05) is 20.8 Å². The second-order valence-corrected chi connectivity index (χ2v) is 9.76. The van der Waals surface area contributed by atoms with Crippen molar-refractivity contribution in [2.45, 2.75) is 31.9 Å². The molecule has 2 rings (SSSR count). The summed E-state index contributed by atoms with van der Waals surface area (Å²) in [6, 6.07) is 0. The molecule has 0 saturated carbocycles. The fourth-order valence-corrected chi connectivity index (χ4v) is 9.18. The Morgan fingerprint density at radius 3 is 2.05 bits per heavy atom. The van der Waals surface area contributed by atoms with Crippen molar-refractivity contribution in [3.63, 3.8) is 0 Å². The van der Waals surface area contributed by atoms with Gasteiger partial charge in [-0.25, -0.2) is 9.59 Å². The Bertz CT molecular complexity index is 636. The molecule has 0 amide bonds. The minimum atomic E-state index is -1.59. The Morgan fingerprint density at radius 1 is 1.10 bits per heavy atom. The molecular weight excluding hydrogens is 296 g/mol. The molecule has 1 aromatic rings. The molecule has 1 aromatic heterocycles. The minimum Gasteiger partial charge on any atom is -0.477 e. The van der Waals surface area contributed by atoms with Crippen LogP contribution in [0.5, 0.6) is 0 Å². The van der Waals surface area contributed by atoms with Gasteiger partial charge in [-0.2, -0.15) is 10.0 Å². The van der Waals surface area contributed by atoms with Gasteiger partial charge in [0.1, 0.15) is 4.88 Å². The van der Waals surface area contributed by atoms with Gasteiger partial charge in [0.2, 0.25) is 0 Å². The second-order valence-electron chi connectivity index (χ2n) is 4.74. The van der Waals surface area contributed by atoms with Crippen LogP contribution in [0.1, 0.15) is 41.6 Å². The van der Waals surface area contributed by atoms with Gasteiger partial charge < -0.3 is 10.2 Å². The average Bonchev–Trinajstić information content (AvgIpc) is 2.84. The molecule has 0 fully saturated rings. The van der Waals surface area contributed by atoms with Crippen molar-refractivity contribution in [3.8, 4) is 0 Å². The van der Waals surface area contributed by atoms with E-state index < -0.39 is 22.0 Å². The number of carboxylic acids is 2. The Kier molecular flexibility index (Phi) is 3.73. The predicted octanol–water partition coefficient (Wildman–Crippen LogP) is 3.79. The van der Waals surface area contributed by atoms with Crippen molar-refractivity contribution in [1.82, 2.24) is 0 Å². The normalized spacial score (nSPS) is 18.0. The molecule has 110 valence electrons. The summed E-state index contributed by atoms with van der Waals surface area (Å²) in [6.45, 7) is 7.59. The first kappa shape index (κ1) is 15.1. The van der Waals surface area contributed by atoms with Gasteiger partial charge in [-0.15, -0.1) is 11.3 Å². The SMILES string of the molecule is CCS1(CC)C(C(=O)O)=C(C)c2c1sc(C(=O)O)c2C. The van der Waals surface area contributed by atoms with Crippen molar-refractivity contribution in [2.24, 2.45) is 0 Å². The van der Waals surface area contributed by atoms with E-state index >= 15 is 0 Å². The third-order valence-electron chi connectivity index (χ3n) is 3.95. The number of aromatic carboxylic acids is 1. The first-order chi connectivity index (χ1) is 9.31. The van der Waals surface area contributed by atoms with E-state index in [-0.39, 0.29) is 0 Å². The third kappa shape index (κ3) is 1.74. The van der Waals surface area contributed by atoms with Gasteiger partial charge in [0.25, 0.3) is 0 Å². The molecule has 1 aliphatic heterocycles. The molecule has 2 heterocycles. The van der Waals surface area contributed by atoms with Crippen LogP contribution in [0.3, 0.4) is 0 Å². The van der Waals surface area contributed by atoms with Crippen LogP contribution >= 0.6 is 21.4 Å². The lowest BCUT2D eigenvalue weighted by atomic mass is 10.1. The van der Waals surface area contributed by atoms with Crippen molar-refractivity contribution in [2.75, 3.05) is 11.5 Å². The zero-order valence-electron chi connectivity index (χ0n) is 11.9. The van der Waals surface area contributed by atoms with E-state index in [4.69, 9.17) is 0 Å². The zero-order valence-corrected chi connectivity index (χ0v) is 13.6. The largest absolute Gasteiger partial charge is 0.477 e. The van der Waals surface area contributed by atoms with Gasteiger partial charge in [-0.05, 0) is 36.5 Å². The Morgan fingerprint density at radius 2 is 1.65 bits per heavy atom. The fraction of sp³-hybridized carbons (Fsp3) is 0.429. The summed E-state index contributed by atoms with van der Waals surface area (Å²) in [7, 11) is -1.59. The van der Waals surface area contributed by atoms with Gasteiger partial charge in [0.05, 0.1) is 9.11 Å². The minimum absolute atomic E-state index is 0.345. The van der Waals surface area contributed by atoms with Crippen LogP contribution in [0.25, 0.3) is 5.57 Å². The van der Waals surface area contributed by atoms with E-state index in [2.05, 4.69) is 0 Å². The van der Waals surface area contributed by atoms with Gasteiger partial charge in [0.15, 0.2) is 0 Å². The predicted molar refractivity (Wildman–Crippen MR) is 83.2 cm³/mol. The van der Waals surface area contributed by atoms with E-state index in [1.54, 1.807) is 6.92 Å². The zero-order chi connectivity index (χ0) is 15.2. The van der Waals surface area contributed by atoms with Gasteiger partial charge in [-0.1, -0.05) is 13.8 Å². The van der Waals surface area contributed by atoms with Crippen molar-refractivity contribution >= 4 is 38.9 Å². The highest BCUT2D eigenvalue weighted by atomic mass is 32.3. The van der Waals surface area contributed by atoms with E-state index in [0.29, 0.717) is 15.3 Å². The molecule has 0 saturated heterocycles. The van der Waals surface area contributed by atoms with Crippen molar-refractivity contribution in [3.05, 3.63) is 20.9 Å². The summed E-state index contributed by atoms with van der Waals surface area (Å²) in [5.74, 6) is -0.295. The molecule has 0 unspecified atom stereocenters. The van der Waals surface area contributed by atoms with Crippen molar-refractivity contribution in [1.29, 1.82) is 0 Å². The highest BCUT2D eigenvalue weighted by molar-refractivity contribution is 8.38. The lowest BCUT2D eigenvalue weighted by Gasteiger charge is -2.34. The summed E-state index contributed by atoms with van der Waals surface area (Å²) in [5.41, 5.74) is 2.35. The summed E-state index contributed by atoms with van der Waals surface area (Å²) in [5, 5.41) is 18.9. The van der Waals surface area contributed by atoms with Crippen LogP contribution in [0, 0.1) is 6.92 Å². The van der Waals surface area contributed by atoms with Crippen LogP contribution in [0.15, 0.2) is 9.11 Å². The Hall–Kier alpha value is -1.27. The molecule has 6 heteroatoms. The molecule has 0 bridgehead atoms. The van der Waals surface area contributed by atoms with Crippen LogP contribution < -0.4 is 0 Å². The molecule has 1 aliphatic rings. The highest BCUT2D eigenvalue weighted by Crippen LogP contribution is 2.72. The number of rotatable bonds is 4. The molecular formula is C14H18O4S2. The molecule has 0 radical (unpaired) electrons. The van der Waals surface area contributed by atoms with Gasteiger partial charge in [0, 0.05) is 5.56 Å². The number of aliphatic carboxylic acids is 1. The van der Waals surface area contributed by atoms with Crippen LogP contribution in [0.2, 0.25) is 0 Å². The quantitative estimate of drug-likeness (QED) is 0.886. The highest BCUT2D eigenvalue weighted by Gasteiger charge is 2.44. The molecule has 0 atom stereocenters. The maximum absolute atomic E-state index is 11.7. The molecule has 2 N–H and O–H groups in total. The van der Waals surface area contributed by atoms with Crippen LogP contribution in [-0.2, 0) is 4.79 Å².